The highest BCUT2D eigenvalue weighted by Gasteiger charge is 2.55. The summed E-state index contributed by atoms with van der Waals surface area (Å²) in [5, 5.41) is 9.13. The van der Waals surface area contributed by atoms with E-state index in [2.05, 4.69) is 17.1 Å². The summed E-state index contributed by atoms with van der Waals surface area (Å²) in [7, 11) is 0. The summed E-state index contributed by atoms with van der Waals surface area (Å²) in [4.78, 5) is 14.6. The van der Waals surface area contributed by atoms with Crippen LogP contribution < -0.4 is 4.74 Å². The number of rotatable bonds is 10. The van der Waals surface area contributed by atoms with Crippen LogP contribution in [-0.2, 0) is 25.9 Å². The molecule has 1 aromatic carbocycles. The lowest BCUT2D eigenvalue weighted by Gasteiger charge is -2.39. The molecule has 1 aliphatic heterocycles. The molecule has 0 radical (unpaired) electrons. The maximum Gasteiger partial charge on any atom is 0.419 e. The molecule has 0 N–H and O–H groups in total. The van der Waals surface area contributed by atoms with Gasteiger partial charge in [0.1, 0.15) is 32.6 Å². The van der Waals surface area contributed by atoms with Gasteiger partial charge in [-0.3, -0.25) is 4.90 Å². The van der Waals surface area contributed by atoms with Crippen LogP contribution >= 0.6 is 11.3 Å². The fraction of sp³-hybridized carbons (Fsp3) is 0.667. The summed E-state index contributed by atoms with van der Waals surface area (Å²) in [6, 6.07) is 3.84. The third kappa shape index (κ3) is 7.61. The van der Waals surface area contributed by atoms with Gasteiger partial charge in [0.25, 0.3) is 0 Å². The smallest absolute Gasteiger partial charge is 0.419 e. The number of nitrogens with zero attached hydrogens (tertiary/aromatic N) is 3. The van der Waals surface area contributed by atoms with E-state index in [1.165, 1.54) is 17.0 Å². The molecule has 1 saturated heterocycles. The average molecular weight is 574 g/mol. The maximum absolute atomic E-state index is 13.9. The zero-order chi connectivity index (χ0) is 29.1. The molecule has 218 valence electrons. The van der Waals surface area contributed by atoms with Gasteiger partial charge < -0.3 is 18.9 Å². The van der Waals surface area contributed by atoms with E-state index in [9.17, 15) is 18.0 Å². The van der Waals surface area contributed by atoms with Crippen molar-refractivity contribution in [2.75, 3.05) is 26.4 Å². The van der Waals surface area contributed by atoms with E-state index >= 15 is 0 Å². The molecule has 0 unspecified atom stereocenters. The Morgan fingerprint density at radius 1 is 1.10 bits per heavy atom. The largest absolute Gasteiger partial charge is 0.493 e. The highest BCUT2D eigenvalue weighted by Crippen LogP contribution is 2.45. The van der Waals surface area contributed by atoms with E-state index in [0.717, 1.165) is 30.2 Å². The van der Waals surface area contributed by atoms with Crippen molar-refractivity contribution in [1.29, 1.82) is 0 Å². The summed E-state index contributed by atoms with van der Waals surface area (Å²) >= 11 is 1.10. The van der Waals surface area contributed by atoms with Crippen LogP contribution in [0.3, 0.4) is 0 Å². The van der Waals surface area contributed by atoms with E-state index in [1.54, 1.807) is 41.5 Å². The van der Waals surface area contributed by atoms with Gasteiger partial charge in [-0.25, -0.2) is 4.79 Å². The quantitative estimate of drug-likeness (QED) is 0.282. The number of halogens is 3. The van der Waals surface area contributed by atoms with Gasteiger partial charge in [0.05, 0.1) is 18.8 Å². The summed E-state index contributed by atoms with van der Waals surface area (Å²) < 4.78 is 64.2. The zero-order valence-corrected chi connectivity index (χ0v) is 24.4. The van der Waals surface area contributed by atoms with Crippen LogP contribution in [0, 0.1) is 0 Å². The number of benzene rings is 1. The third-order valence-electron chi connectivity index (χ3n) is 6.06. The second-order valence-electron chi connectivity index (χ2n) is 11.1. The Labute approximate surface area is 231 Å². The first-order chi connectivity index (χ1) is 18.1. The lowest BCUT2D eigenvalue weighted by molar-refractivity contribution is -0.138. The summed E-state index contributed by atoms with van der Waals surface area (Å²) in [6.07, 6.45) is -2.77. The minimum absolute atomic E-state index is 0.103. The number of aromatic nitrogens is 2. The molecule has 1 amide bonds. The first-order valence-electron chi connectivity index (χ1n) is 13.0. The molecule has 2 heterocycles. The lowest BCUT2D eigenvalue weighted by atomic mass is 10.0. The van der Waals surface area contributed by atoms with Crippen molar-refractivity contribution in [2.45, 2.75) is 90.8 Å². The number of carbonyl (C=O) groups is 1. The molecular weight excluding hydrogens is 535 g/mol. The highest BCUT2D eigenvalue weighted by molar-refractivity contribution is 7.14. The predicted molar refractivity (Wildman–Crippen MR) is 142 cm³/mol. The number of hydrogen-bond donors (Lipinski definition) is 0. The Hall–Kier alpha value is -2.44. The molecule has 1 aliphatic rings. The van der Waals surface area contributed by atoms with Crippen LogP contribution in [0.5, 0.6) is 5.75 Å². The topological polar surface area (TPSA) is 83.0 Å². The highest BCUT2D eigenvalue weighted by atomic mass is 32.1. The SMILES string of the molecule is CCCCOCCCOc1ccc(-c2nnc([C@@]3(C)COC(C)(C)N3C(=O)OC(C)(C)C)s2)cc1C(F)(F)F. The van der Waals surface area contributed by atoms with Crippen LogP contribution in [0.2, 0.25) is 0 Å². The van der Waals surface area contributed by atoms with Crippen LogP contribution in [0.4, 0.5) is 18.0 Å². The monoisotopic (exact) mass is 573 g/mol. The van der Waals surface area contributed by atoms with Crippen LogP contribution in [-0.4, -0.2) is 58.9 Å². The molecule has 0 bridgehead atoms. The van der Waals surface area contributed by atoms with Crippen molar-refractivity contribution in [3.63, 3.8) is 0 Å². The van der Waals surface area contributed by atoms with Crippen molar-refractivity contribution in [1.82, 2.24) is 15.1 Å². The molecule has 39 heavy (non-hydrogen) atoms. The number of alkyl halides is 3. The molecule has 1 fully saturated rings. The normalized spacial score (nSPS) is 19.4. The number of hydrogen-bond acceptors (Lipinski definition) is 8. The summed E-state index contributed by atoms with van der Waals surface area (Å²) in [5.74, 6) is -0.251. The second-order valence-corrected chi connectivity index (χ2v) is 12.1. The Bertz CT molecular complexity index is 1130. The first-order valence-corrected chi connectivity index (χ1v) is 13.8. The van der Waals surface area contributed by atoms with E-state index in [1.807, 2.05) is 0 Å². The van der Waals surface area contributed by atoms with Crippen molar-refractivity contribution in [2.24, 2.45) is 0 Å². The Morgan fingerprint density at radius 3 is 2.44 bits per heavy atom. The van der Waals surface area contributed by atoms with Gasteiger partial charge in [-0.05, 0) is 66.2 Å². The minimum atomic E-state index is -4.63. The van der Waals surface area contributed by atoms with Gasteiger partial charge in [0, 0.05) is 25.2 Å². The number of carbonyl (C=O) groups excluding carboxylic acids is 1. The molecule has 0 saturated carbocycles. The Kier molecular flexibility index (Phi) is 9.55. The van der Waals surface area contributed by atoms with Crippen molar-refractivity contribution in [3.05, 3.63) is 28.8 Å². The van der Waals surface area contributed by atoms with Gasteiger partial charge in [-0.2, -0.15) is 13.2 Å². The lowest BCUT2D eigenvalue weighted by Crippen LogP contribution is -2.54. The average Bonchev–Trinajstić information content (AvgIpc) is 3.40. The number of unbranched alkanes of at least 4 members (excludes halogenated alkanes) is 1. The van der Waals surface area contributed by atoms with Crippen molar-refractivity contribution >= 4 is 17.4 Å². The van der Waals surface area contributed by atoms with Crippen LogP contribution in [0.25, 0.3) is 10.6 Å². The molecule has 1 aromatic heterocycles. The van der Waals surface area contributed by atoms with Crippen LogP contribution in [0.1, 0.15) is 78.3 Å². The molecule has 8 nitrogen and oxygen atoms in total. The third-order valence-corrected chi connectivity index (χ3v) is 7.29. The zero-order valence-electron chi connectivity index (χ0n) is 23.6. The summed E-state index contributed by atoms with van der Waals surface area (Å²) in [6.45, 7) is 13.9. The van der Waals surface area contributed by atoms with E-state index < -0.39 is 34.7 Å². The summed E-state index contributed by atoms with van der Waals surface area (Å²) in [5.41, 5.74) is -3.41. The first kappa shape index (κ1) is 31.1. The Morgan fingerprint density at radius 2 is 1.79 bits per heavy atom. The Balaban J connectivity index is 1.83. The van der Waals surface area contributed by atoms with Gasteiger partial charge in [-0.15, -0.1) is 10.2 Å². The minimum Gasteiger partial charge on any atom is -0.493 e. The molecule has 2 aromatic rings. The molecule has 12 heteroatoms. The van der Waals surface area contributed by atoms with Crippen molar-refractivity contribution < 1.29 is 36.9 Å². The maximum atomic E-state index is 13.9. The van der Waals surface area contributed by atoms with E-state index in [-0.39, 0.29) is 29.5 Å². The molecule has 3 rings (SSSR count). The van der Waals surface area contributed by atoms with Gasteiger partial charge in [0.15, 0.2) is 0 Å². The number of amides is 1. The predicted octanol–water partition coefficient (Wildman–Crippen LogP) is 7.03. The molecular formula is C27H38F3N3O5S. The van der Waals surface area contributed by atoms with E-state index in [0.29, 0.717) is 24.6 Å². The molecule has 1 atom stereocenters. The molecule has 0 aliphatic carbocycles. The van der Waals surface area contributed by atoms with Crippen LogP contribution in [0.15, 0.2) is 18.2 Å². The van der Waals surface area contributed by atoms with Gasteiger partial charge >= 0.3 is 12.3 Å². The van der Waals surface area contributed by atoms with Gasteiger partial charge in [-0.1, -0.05) is 24.7 Å². The number of ether oxygens (including phenoxy) is 4. The van der Waals surface area contributed by atoms with E-state index in [4.69, 9.17) is 18.9 Å². The van der Waals surface area contributed by atoms with Crippen molar-refractivity contribution in [3.8, 4) is 16.3 Å². The van der Waals surface area contributed by atoms with Gasteiger partial charge in [0.2, 0.25) is 0 Å². The standard InChI is InChI=1S/C27H38F3N3O5S/c1-8-9-13-35-14-10-15-36-20-12-11-18(16-19(20)27(28,29)30)21-31-32-22(39-21)26(7)17-37-25(5,6)33(26)23(34)38-24(2,3)4/h11-12,16H,8-10,13-15,17H2,1-7H3/t26-/m1/s1. The fourth-order valence-corrected chi connectivity index (χ4v) is 5.15. The second kappa shape index (κ2) is 12.0. The molecule has 0 spiro atoms. The fourth-order valence-electron chi connectivity index (χ4n) is 4.19.